The van der Waals surface area contributed by atoms with Crippen LogP contribution in [-0.4, -0.2) is 35.3 Å². The van der Waals surface area contributed by atoms with Crippen molar-refractivity contribution in [2.24, 2.45) is 0 Å². The third kappa shape index (κ3) is 5.37. The summed E-state index contributed by atoms with van der Waals surface area (Å²) in [6.07, 6.45) is 1.91. The van der Waals surface area contributed by atoms with Crippen molar-refractivity contribution < 1.29 is 29.3 Å². The van der Waals surface area contributed by atoms with Crippen LogP contribution in [0.15, 0.2) is 36.4 Å². The van der Waals surface area contributed by atoms with Crippen LogP contribution < -0.4 is 14.8 Å². The molecule has 2 aromatic carbocycles. The molecule has 2 rings (SSSR count). The predicted molar refractivity (Wildman–Crippen MR) is 101 cm³/mol. The molecule has 3 N–H and O–H groups in total. The fraction of sp³-hybridized carbons (Fsp3) is 0.300. The summed E-state index contributed by atoms with van der Waals surface area (Å²) < 4.78 is 11.2. The smallest absolute Gasteiger partial charge is 0.335 e. The molecule has 0 saturated heterocycles. The minimum atomic E-state index is -1.15. The largest absolute Gasteiger partial charge is 0.506 e. The highest BCUT2D eigenvalue weighted by atomic mass is 16.5. The number of amides is 1. The van der Waals surface area contributed by atoms with Crippen molar-refractivity contribution >= 4 is 17.6 Å². The number of carboxylic acid groups (broad SMARTS) is 1. The summed E-state index contributed by atoms with van der Waals surface area (Å²) in [5.74, 6) is -0.883. The van der Waals surface area contributed by atoms with Gasteiger partial charge in [0, 0.05) is 5.56 Å². The van der Waals surface area contributed by atoms with Crippen LogP contribution in [0.25, 0.3) is 0 Å². The first-order valence-corrected chi connectivity index (χ1v) is 8.73. The van der Waals surface area contributed by atoms with Gasteiger partial charge < -0.3 is 25.0 Å². The molecule has 1 amide bonds. The normalized spacial score (nSPS) is 10.3. The summed E-state index contributed by atoms with van der Waals surface area (Å²) in [4.78, 5) is 23.6. The number of rotatable bonds is 9. The van der Waals surface area contributed by atoms with E-state index in [1.54, 1.807) is 18.2 Å². The molecule has 144 valence electrons. The first-order chi connectivity index (χ1) is 13.0. The van der Waals surface area contributed by atoms with E-state index in [2.05, 4.69) is 12.2 Å². The van der Waals surface area contributed by atoms with Gasteiger partial charge in [-0.3, -0.25) is 4.79 Å². The lowest BCUT2D eigenvalue weighted by Crippen LogP contribution is -2.13. The Balaban J connectivity index is 2.22. The third-order valence-electron chi connectivity index (χ3n) is 3.75. The molecular formula is C20H23NO6. The molecule has 27 heavy (non-hydrogen) atoms. The SMILES string of the molecule is CCCCOc1ccc(C(=O)Nc2cc(C(=O)O)ccc2O)cc1OCC. The van der Waals surface area contributed by atoms with Crippen LogP contribution in [0.5, 0.6) is 17.2 Å². The Morgan fingerprint density at radius 2 is 1.74 bits per heavy atom. The molecule has 0 radical (unpaired) electrons. The van der Waals surface area contributed by atoms with E-state index >= 15 is 0 Å². The van der Waals surface area contributed by atoms with Crippen LogP contribution in [0.2, 0.25) is 0 Å². The number of carbonyl (C=O) groups is 2. The monoisotopic (exact) mass is 373 g/mol. The molecule has 7 heteroatoms. The van der Waals surface area contributed by atoms with Gasteiger partial charge in [-0.05, 0) is 49.7 Å². The van der Waals surface area contributed by atoms with E-state index in [0.717, 1.165) is 12.8 Å². The van der Waals surface area contributed by atoms with Gasteiger partial charge >= 0.3 is 5.97 Å². The number of hydrogen-bond donors (Lipinski definition) is 3. The number of aromatic carboxylic acids is 1. The number of nitrogens with one attached hydrogen (secondary N) is 1. The zero-order valence-corrected chi connectivity index (χ0v) is 15.3. The third-order valence-corrected chi connectivity index (χ3v) is 3.75. The minimum Gasteiger partial charge on any atom is -0.506 e. The fourth-order valence-corrected chi connectivity index (χ4v) is 2.33. The second-order valence-corrected chi connectivity index (χ2v) is 5.79. The molecule has 0 saturated carbocycles. The van der Waals surface area contributed by atoms with Gasteiger partial charge in [-0.2, -0.15) is 0 Å². The van der Waals surface area contributed by atoms with Crippen LogP contribution in [0, 0.1) is 0 Å². The van der Waals surface area contributed by atoms with Crippen LogP contribution in [0.1, 0.15) is 47.4 Å². The number of anilines is 1. The van der Waals surface area contributed by atoms with Gasteiger partial charge in [0.1, 0.15) is 5.75 Å². The van der Waals surface area contributed by atoms with Crippen molar-refractivity contribution in [2.45, 2.75) is 26.7 Å². The molecule has 0 unspecified atom stereocenters. The van der Waals surface area contributed by atoms with Crippen LogP contribution in [-0.2, 0) is 0 Å². The minimum absolute atomic E-state index is 0.0149. The summed E-state index contributed by atoms with van der Waals surface area (Å²) in [6, 6.07) is 8.46. The van der Waals surface area contributed by atoms with E-state index in [1.165, 1.54) is 18.2 Å². The van der Waals surface area contributed by atoms with Crippen molar-refractivity contribution in [2.75, 3.05) is 18.5 Å². The summed E-state index contributed by atoms with van der Waals surface area (Å²) in [7, 11) is 0. The van der Waals surface area contributed by atoms with Crippen molar-refractivity contribution in [3.05, 3.63) is 47.5 Å². The van der Waals surface area contributed by atoms with Crippen LogP contribution in [0.3, 0.4) is 0 Å². The van der Waals surface area contributed by atoms with Gasteiger partial charge in [0.15, 0.2) is 11.5 Å². The number of benzene rings is 2. The molecule has 0 fully saturated rings. The van der Waals surface area contributed by atoms with Crippen molar-refractivity contribution in [1.82, 2.24) is 0 Å². The molecule has 0 spiro atoms. The first-order valence-electron chi connectivity index (χ1n) is 8.73. The van der Waals surface area contributed by atoms with Gasteiger partial charge in [0.2, 0.25) is 0 Å². The summed E-state index contributed by atoms with van der Waals surface area (Å²) in [6.45, 7) is 4.86. The molecule has 0 heterocycles. The Kier molecular flexibility index (Phi) is 7.05. The summed E-state index contributed by atoms with van der Waals surface area (Å²) in [5, 5.41) is 21.4. The van der Waals surface area contributed by atoms with Crippen LogP contribution in [0.4, 0.5) is 5.69 Å². The van der Waals surface area contributed by atoms with E-state index in [1.807, 2.05) is 6.92 Å². The Morgan fingerprint density at radius 1 is 1.00 bits per heavy atom. The maximum absolute atomic E-state index is 12.5. The quantitative estimate of drug-likeness (QED) is 0.454. The number of aromatic hydroxyl groups is 1. The molecular weight excluding hydrogens is 350 g/mol. The molecule has 0 aliphatic heterocycles. The Bertz CT molecular complexity index is 818. The highest BCUT2D eigenvalue weighted by Gasteiger charge is 2.15. The number of carbonyl (C=O) groups excluding carboxylic acids is 1. The lowest BCUT2D eigenvalue weighted by Gasteiger charge is -2.14. The number of unbranched alkanes of at least 4 members (excludes halogenated alkanes) is 1. The maximum Gasteiger partial charge on any atom is 0.335 e. The predicted octanol–water partition coefficient (Wildman–Crippen LogP) is 3.92. The number of phenolic OH excluding ortho intramolecular Hbond substituents is 1. The van der Waals surface area contributed by atoms with Gasteiger partial charge in [-0.25, -0.2) is 4.79 Å². The second kappa shape index (κ2) is 9.47. The standard InChI is InChI=1S/C20H23NO6/c1-3-5-10-27-17-9-7-13(12-18(17)26-4-2)19(23)21-15-11-14(20(24)25)6-8-16(15)22/h6-9,11-12,22H,3-5,10H2,1-2H3,(H,21,23)(H,24,25). The zero-order chi connectivity index (χ0) is 19.8. The van der Waals surface area contributed by atoms with Gasteiger partial charge in [0.25, 0.3) is 5.91 Å². The molecule has 7 nitrogen and oxygen atoms in total. The van der Waals surface area contributed by atoms with E-state index in [4.69, 9.17) is 14.6 Å². The van der Waals surface area contributed by atoms with Gasteiger partial charge in [-0.1, -0.05) is 13.3 Å². The Morgan fingerprint density at radius 3 is 2.41 bits per heavy atom. The van der Waals surface area contributed by atoms with Crippen molar-refractivity contribution in [3.63, 3.8) is 0 Å². The molecule has 0 aliphatic rings. The summed E-state index contributed by atoms with van der Waals surface area (Å²) >= 11 is 0. The Labute approximate surface area is 157 Å². The number of carboxylic acids is 1. The highest BCUT2D eigenvalue weighted by Crippen LogP contribution is 2.30. The molecule has 2 aromatic rings. The lowest BCUT2D eigenvalue weighted by molar-refractivity contribution is 0.0696. The van der Waals surface area contributed by atoms with E-state index in [-0.39, 0.29) is 17.0 Å². The average Bonchev–Trinajstić information content (AvgIpc) is 2.64. The number of hydrogen-bond acceptors (Lipinski definition) is 5. The number of ether oxygens (including phenoxy) is 2. The molecule has 0 bridgehead atoms. The molecule has 0 aliphatic carbocycles. The molecule has 0 atom stereocenters. The summed E-state index contributed by atoms with van der Waals surface area (Å²) in [5.41, 5.74) is 0.264. The zero-order valence-electron chi connectivity index (χ0n) is 15.3. The average molecular weight is 373 g/mol. The topological polar surface area (TPSA) is 105 Å². The lowest BCUT2D eigenvalue weighted by atomic mass is 10.1. The fourth-order valence-electron chi connectivity index (χ4n) is 2.33. The van der Waals surface area contributed by atoms with E-state index in [0.29, 0.717) is 30.3 Å². The van der Waals surface area contributed by atoms with E-state index < -0.39 is 11.9 Å². The number of phenols is 1. The van der Waals surface area contributed by atoms with E-state index in [9.17, 15) is 14.7 Å². The van der Waals surface area contributed by atoms with Crippen LogP contribution >= 0.6 is 0 Å². The van der Waals surface area contributed by atoms with Crippen molar-refractivity contribution in [3.8, 4) is 17.2 Å². The van der Waals surface area contributed by atoms with Gasteiger partial charge in [0.05, 0.1) is 24.5 Å². The maximum atomic E-state index is 12.5. The van der Waals surface area contributed by atoms with Crippen molar-refractivity contribution in [1.29, 1.82) is 0 Å². The highest BCUT2D eigenvalue weighted by molar-refractivity contribution is 6.06. The molecule has 0 aromatic heterocycles. The van der Waals surface area contributed by atoms with Gasteiger partial charge in [-0.15, -0.1) is 0 Å². The first kappa shape index (κ1) is 20.1. The second-order valence-electron chi connectivity index (χ2n) is 5.79. The Hall–Kier alpha value is -3.22.